The van der Waals surface area contributed by atoms with Crippen LogP contribution < -0.4 is 5.73 Å². The number of aryl methyl sites for hydroxylation is 1. The van der Waals surface area contributed by atoms with Crippen LogP contribution in [-0.2, 0) is 11.2 Å². The van der Waals surface area contributed by atoms with Crippen LogP contribution in [0.2, 0.25) is 0 Å². The molecule has 0 fully saturated rings. The molecule has 5 heteroatoms. The van der Waals surface area contributed by atoms with E-state index in [0.717, 1.165) is 16.1 Å². The van der Waals surface area contributed by atoms with E-state index in [1.807, 2.05) is 25.1 Å². The highest BCUT2D eigenvalue weighted by molar-refractivity contribution is 7.98. The van der Waals surface area contributed by atoms with Gasteiger partial charge in [0.05, 0.1) is 5.75 Å². The molecule has 1 heterocycles. The summed E-state index contributed by atoms with van der Waals surface area (Å²) in [5, 5.41) is 4.00. The minimum Gasteiger partial charge on any atom is -0.398 e. The Balaban J connectivity index is 2.07. The molecule has 0 saturated carbocycles. The van der Waals surface area contributed by atoms with Gasteiger partial charge in [-0.2, -0.15) is 4.98 Å². The van der Waals surface area contributed by atoms with Gasteiger partial charge in [0.2, 0.25) is 5.89 Å². The average molecular weight is 277 g/mol. The number of para-hydroxylation sites is 1. The van der Waals surface area contributed by atoms with Crippen LogP contribution in [0.15, 0.2) is 27.6 Å². The molecule has 1 aromatic heterocycles. The predicted molar refractivity (Wildman–Crippen MR) is 78.2 cm³/mol. The summed E-state index contributed by atoms with van der Waals surface area (Å²) in [5.41, 5.74) is 7.84. The lowest BCUT2D eigenvalue weighted by atomic mass is 9.97. The predicted octanol–water partition coefficient (Wildman–Crippen LogP) is 3.55. The first kappa shape index (κ1) is 13.9. The van der Waals surface area contributed by atoms with Crippen LogP contribution in [0, 0.1) is 6.92 Å². The standard InChI is InChI=1S/C14H19N3OS/c1-9-6-5-7-10(12(9)15)19-8-11-16-13(18-17-11)14(2,3)4/h5-7H,8,15H2,1-4H3. The van der Waals surface area contributed by atoms with E-state index in [1.165, 1.54) is 0 Å². The fourth-order valence-corrected chi connectivity index (χ4v) is 2.43. The Kier molecular flexibility index (Phi) is 3.85. The molecule has 0 amide bonds. The largest absolute Gasteiger partial charge is 0.398 e. The van der Waals surface area contributed by atoms with E-state index in [4.69, 9.17) is 10.3 Å². The van der Waals surface area contributed by atoms with Crippen LogP contribution in [0.25, 0.3) is 0 Å². The molecule has 4 nitrogen and oxygen atoms in total. The zero-order valence-electron chi connectivity index (χ0n) is 11.7. The molecule has 0 aliphatic heterocycles. The highest BCUT2D eigenvalue weighted by atomic mass is 32.2. The van der Waals surface area contributed by atoms with Crippen molar-refractivity contribution in [2.45, 2.75) is 43.8 Å². The number of aromatic nitrogens is 2. The molecule has 102 valence electrons. The molecule has 0 aliphatic carbocycles. The number of nitrogens with two attached hydrogens (primary N) is 1. The van der Waals surface area contributed by atoms with Gasteiger partial charge in [0.15, 0.2) is 5.82 Å². The Labute approximate surface area is 117 Å². The van der Waals surface area contributed by atoms with Crippen molar-refractivity contribution in [3.05, 3.63) is 35.5 Å². The molecule has 1 aromatic carbocycles. The fraction of sp³-hybridized carbons (Fsp3) is 0.429. The summed E-state index contributed by atoms with van der Waals surface area (Å²) in [7, 11) is 0. The molecule has 0 aliphatic rings. The third kappa shape index (κ3) is 3.29. The number of rotatable bonds is 3. The molecule has 2 rings (SSSR count). The molecule has 0 spiro atoms. The molecular formula is C14H19N3OS. The molecule has 0 unspecified atom stereocenters. The number of anilines is 1. The second-order valence-electron chi connectivity index (χ2n) is 5.54. The lowest BCUT2D eigenvalue weighted by Gasteiger charge is -2.10. The molecule has 0 atom stereocenters. The molecule has 19 heavy (non-hydrogen) atoms. The summed E-state index contributed by atoms with van der Waals surface area (Å²) in [4.78, 5) is 5.47. The topological polar surface area (TPSA) is 64.9 Å². The van der Waals surface area contributed by atoms with Crippen molar-refractivity contribution in [1.29, 1.82) is 0 Å². The molecular weight excluding hydrogens is 258 g/mol. The molecule has 0 bridgehead atoms. The van der Waals surface area contributed by atoms with Gasteiger partial charge in [-0.05, 0) is 18.6 Å². The lowest BCUT2D eigenvalue weighted by molar-refractivity contribution is 0.319. The summed E-state index contributed by atoms with van der Waals surface area (Å²) in [6.07, 6.45) is 0. The summed E-state index contributed by atoms with van der Waals surface area (Å²) in [6.45, 7) is 8.16. The SMILES string of the molecule is Cc1cccc(SCc2noc(C(C)(C)C)n2)c1N. The van der Waals surface area contributed by atoms with E-state index in [9.17, 15) is 0 Å². The molecule has 2 N–H and O–H groups in total. The van der Waals surface area contributed by atoms with Crippen LogP contribution >= 0.6 is 11.8 Å². The Morgan fingerprint density at radius 2 is 2.05 bits per heavy atom. The third-order valence-electron chi connectivity index (χ3n) is 2.75. The smallest absolute Gasteiger partial charge is 0.232 e. The first-order chi connectivity index (χ1) is 8.88. The minimum atomic E-state index is -0.113. The Hall–Kier alpha value is -1.49. The highest BCUT2D eigenvalue weighted by Gasteiger charge is 2.21. The van der Waals surface area contributed by atoms with Crippen molar-refractivity contribution in [2.75, 3.05) is 5.73 Å². The normalized spacial score (nSPS) is 11.8. The van der Waals surface area contributed by atoms with Gasteiger partial charge < -0.3 is 10.3 Å². The van der Waals surface area contributed by atoms with Crippen molar-refractivity contribution in [3.63, 3.8) is 0 Å². The van der Waals surface area contributed by atoms with Crippen LogP contribution in [0.5, 0.6) is 0 Å². The Morgan fingerprint density at radius 1 is 1.32 bits per heavy atom. The van der Waals surface area contributed by atoms with E-state index < -0.39 is 0 Å². The minimum absolute atomic E-state index is 0.113. The van der Waals surface area contributed by atoms with Gasteiger partial charge in [-0.1, -0.05) is 38.1 Å². The third-order valence-corrected chi connectivity index (χ3v) is 3.82. The van der Waals surface area contributed by atoms with Gasteiger partial charge in [0.1, 0.15) is 0 Å². The number of nitrogen functional groups attached to an aromatic ring is 1. The maximum absolute atomic E-state index is 6.04. The summed E-state index contributed by atoms with van der Waals surface area (Å²) in [6, 6.07) is 6.02. The summed E-state index contributed by atoms with van der Waals surface area (Å²) < 4.78 is 5.27. The molecule has 0 saturated heterocycles. The highest BCUT2D eigenvalue weighted by Crippen LogP contribution is 2.30. The quantitative estimate of drug-likeness (QED) is 0.686. The van der Waals surface area contributed by atoms with Crippen molar-refractivity contribution in [2.24, 2.45) is 0 Å². The number of hydrogen-bond donors (Lipinski definition) is 1. The molecule has 0 radical (unpaired) electrons. The summed E-state index contributed by atoms with van der Waals surface area (Å²) >= 11 is 1.63. The van der Waals surface area contributed by atoms with E-state index in [2.05, 4.69) is 30.9 Å². The number of thioether (sulfide) groups is 1. The van der Waals surface area contributed by atoms with Crippen molar-refractivity contribution in [1.82, 2.24) is 10.1 Å². The first-order valence-electron chi connectivity index (χ1n) is 6.19. The van der Waals surface area contributed by atoms with Gasteiger partial charge in [0, 0.05) is 16.0 Å². The van der Waals surface area contributed by atoms with E-state index in [-0.39, 0.29) is 5.41 Å². The van der Waals surface area contributed by atoms with Crippen molar-refractivity contribution < 1.29 is 4.52 Å². The Bertz CT molecular complexity index is 572. The average Bonchev–Trinajstić information content (AvgIpc) is 2.79. The van der Waals surface area contributed by atoms with E-state index >= 15 is 0 Å². The maximum atomic E-state index is 6.04. The van der Waals surface area contributed by atoms with Crippen LogP contribution in [0.4, 0.5) is 5.69 Å². The van der Waals surface area contributed by atoms with Crippen molar-refractivity contribution >= 4 is 17.4 Å². The lowest BCUT2D eigenvalue weighted by Crippen LogP contribution is -2.11. The van der Waals surface area contributed by atoms with E-state index in [0.29, 0.717) is 17.5 Å². The van der Waals surface area contributed by atoms with Crippen LogP contribution in [-0.4, -0.2) is 10.1 Å². The van der Waals surface area contributed by atoms with Gasteiger partial charge in [0.25, 0.3) is 0 Å². The van der Waals surface area contributed by atoms with Gasteiger partial charge >= 0.3 is 0 Å². The zero-order valence-corrected chi connectivity index (χ0v) is 12.5. The number of nitrogens with zero attached hydrogens (tertiary/aromatic N) is 2. The maximum Gasteiger partial charge on any atom is 0.232 e. The number of benzene rings is 1. The second kappa shape index (κ2) is 5.25. The fourth-order valence-electron chi connectivity index (χ4n) is 1.54. The first-order valence-corrected chi connectivity index (χ1v) is 7.17. The second-order valence-corrected chi connectivity index (χ2v) is 6.56. The van der Waals surface area contributed by atoms with Gasteiger partial charge in [-0.3, -0.25) is 0 Å². The Morgan fingerprint density at radius 3 is 2.68 bits per heavy atom. The molecule has 2 aromatic rings. The monoisotopic (exact) mass is 277 g/mol. The van der Waals surface area contributed by atoms with E-state index in [1.54, 1.807) is 11.8 Å². The van der Waals surface area contributed by atoms with Crippen molar-refractivity contribution in [3.8, 4) is 0 Å². The van der Waals surface area contributed by atoms with Gasteiger partial charge in [-0.15, -0.1) is 11.8 Å². The van der Waals surface area contributed by atoms with Crippen LogP contribution in [0.3, 0.4) is 0 Å². The van der Waals surface area contributed by atoms with Crippen LogP contribution in [0.1, 0.15) is 38.0 Å². The zero-order chi connectivity index (χ0) is 14.0. The van der Waals surface area contributed by atoms with Gasteiger partial charge in [-0.25, -0.2) is 0 Å². The number of hydrogen-bond acceptors (Lipinski definition) is 5. The summed E-state index contributed by atoms with van der Waals surface area (Å²) in [5.74, 6) is 2.03.